The number of anilines is 3. The Bertz CT molecular complexity index is 697. The van der Waals surface area contributed by atoms with E-state index in [0.717, 1.165) is 18.9 Å². The number of methoxy groups -OCH3 is 1. The molecule has 1 N–H and O–H groups in total. The Labute approximate surface area is 141 Å². The third-order valence-corrected chi connectivity index (χ3v) is 4.15. The summed E-state index contributed by atoms with van der Waals surface area (Å²) in [5.74, 6) is 1.01. The molecule has 2 heterocycles. The highest BCUT2D eigenvalue weighted by Crippen LogP contribution is 2.22. The van der Waals surface area contributed by atoms with E-state index in [1.807, 2.05) is 18.2 Å². The fraction of sp³-hybridized carbons (Fsp3) is 0.389. The zero-order valence-corrected chi connectivity index (χ0v) is 13.9. The molecule has 0 radical (unpaired) electrons. The molecule has 6 heteroatoms. The average molecular weight is 326 g/mol. The lowest BCUT2D eigenvalue weighted by atomic mass is 10.2. The highest BCUT2D eigenvalue weighted by Gasteiger charge is 2.14. The molecule has 1 fully saturated rings. The van der Waals surface area contributed by atoms with Crippen LogP contribution in [0.2, 0.25) is 0 Å². The second kappa shape index (κ2) is 7.77. The normalized spacial score (nSPS) is 14.8. The van der Waals surface area contributed by atoms with Gasteiger partial charge in [0.15, 0.2) is 0 Å². The van der Waals surface area contributed by atoms with E-state index in [1.165, 1.54) is 32.8 Å². The molecular formula is C18H22N4O2. The van der Waals surface area contributed by atoms with Gasteiger partial charge in [0, 0.05) is 19.3 Å². The number of carbonyl (C=O) groups is 1. The lowest BCUT2D eigenvalue weighted by Gasteiger charge is -2.21. The monoisotopic (exact) mass is 326 g/mol. The molecule has 24 heavy (non-hydrogen) atoms. The van der Waals surface area contributed by atoms with Crippen LogP contribution in [-0.2, 0) is 4.74 Å². The Morgan fingerprint density at radius 3 is 2.62 bits per heavy atom. The second-order valence-corrected chi connectivity index (χ2v) is 5.80. The molecule has 0 bridgehead atoms. The predicted molar refractivity (Wildman–Crippen MR) is 93.8 cm³/mol. The number of esters is 1. The van der Waals surface area contributed by atoms with Gasteiger partial charge in [0.25, 0.3) is 0 Å². The van der Waals surface area contributed by atoms with E-state index in [-0.39, 0.29) is 5.97 Å². The number of nitrogens with one attached hydrogen (secondary N) is 1. The zero-order chi connectivity index (χ0) is 16.8. The number of nitrogens with zero attached hydrogens (tertiary/aromatic N) is 3. The summed E-state index contributed by atoms with van der Waals surface area (Å²) in [6.45, 7) is 2.05. The minimum Gasteiger partial charge on any atom is -0.465 e. The summed E-state index contributed by atoms with van der Waals surface area (Å²) in [5.41, 5.74) is 1.10. The number of para-hydroxylation sites is 1. The molecule has 1 aromatic heterocycles. The fourth-order valence-corrected chi connectivity index (χ4v) is 2.89. The van der Waals surface area contributed by atoms with Crippen molar-refractivity contribution >= 4 is 23.4 Å². The molecule has 1 aromatic carbocycles. The molecule has 1 aliphatic rings. The average Bonchev–Trinajstić information content (AvgIpc) is 2.91. The highest BCUT2D eigenvalue weighted by atomic mass is 16.5. The minimum absolute atomic E-state index is 0.387. The van der Waals surface area contributed by atoms with Gasteiger partial charge in [0.2, 0.25) is 5.95 Å². The van der Waals surface area contributed by atoms with Crippen molar-refractivity contribution in [2.24, 2.45) is 0 Å². The van der Waals surface area contributed by atoms with Crippen molar-refractivity contribution < 1.29 is 9.53 Å². The molecule has 0 saturated carbocycles. The summed E-state index contributed by atoms with van der Waals surface area (Å²) in [5, 5.41) is 3.13. The van der Waals surface area contributed by atoms with Crippen LogP contribution in [0.4, 0.5) is 17.5 Å². The molecule has 1 saturated heterocycles. The molecule has 3 rings (SSSR count). The van der Waals surface area contributed by atoms with E-state index < -0.39 is 0 Å². The largest absolute Gasteiger partial charge is 0.465 e. The Morgan fingerprint density at radius 1 is 1.12 bits per heavy atom. The van der Waals surface area contributed by atoms with Gasteiger partial charge in [-0.1, -0.05) is 25.0 Å². The minimum atomic E-state index is -0.387. The number of rotatable bonds is 4. The van der Waals surface area contributed by atoms with E-state index in [2.05, 4.69) is 20.2 Å². The van der Waals surface area contributed by atoms with E-state index in [4.69, 9.17) is 4.74 Å². The molecule has 126 valence electrons. The quantitative estimate of drug-likeness (QED) is 0.869. The fourth-order valence-electron chi connectivity index (χ4n) is 2.89. The molecule has 0 amide bonds. The number of benzene rings is 1. The molecule has 0 aliphatic carbocycles. The third kappa shape index (κ3) is 3.82. The molecular weight excluding hydrogens is 304 g/mol. The molecule has 1 aliphatic heterocycles. The standard InChI is InChI=1S/C18H22N4O2/c1-24-17(23)14-8-4-5-9-15(14)20-18-19-11-10-16(21-18)22-12-6-2-3-7-13-22/h4-5,8-11H,2-3,6-7,12-13H2,1H3,(H,19,20,21). The summed E-state index contributed by atoms with van der Waals surface area (Å²) in [4.78, 5) is 23.1. The molecule has 0 spiro atoms. The van der Waals surface area contributed by atoms with Gasteiger partial charge < -0.3 is 15.0 Å². The maximum absolute atomic E-state index is 11.9. The number of aromatic nitrogens is 2. The summed E-state index contributed by atoms with van der Waals surface area (Å²) in [7, 11) is 1.37. The summed E-state index contributed by atoms with van der Waals surface area (Å²) in [6.07, 6.45) is 6.69. The Balaban J connectivity index is 1.81. The van der Waals surface area contributed by atoms with Crippen LogP contribution in [0.25, 0.3) is 0 Å². The second-order valence-electron chi connectivity index (χ2n) is 5.80. The topological polar surface area (TPSA) is 67.3 Å². The van der Waals surface area contributed by atoms with Gasteiger partial charge in [-0.2, -0.15) is 4.98 Å². The predicted octanol–water partition coefficient (Wildman–Crippen LogP) is 3.39. The maximum Gasteiger partial charge on any atom is 0.339 e. The van der Waals surface area contributed by atoms with Crippen molar-refractivity contribution in [1.29, 1.82) is 0 Å². The molecule has 0 atom stereocenters. The molecule has 0 unspecified atom stereocenters. The van der Waals surface area contributed by atoms with Crippen molar-refractivity contribution in [2.45, 2.75) is 25.7 Å². The smallest absolute Gasteiger partial charge is 0.339 e. The number of carbonyl (C=O) groups excluding carboxylic acids is 1. The van der Waals surface area contributed by atoms with Gasteiger partial charge in [0.1, 0.15) is 5.82 Å². The lowest BCUT2D eigenvalue weighted by Crippen LogP contribution is -2.25. The van der Waals surface area contributed by atoms with Crippen LogP contribution in [0.15, 0.2) is 36.5 Å². The summed E-state index contributed by atoms with van der Waals surface area (Å²) < 4.78 is 4.82. The van der Waals surface area contributed by atoms with Crippen molar-refractivity contribution in [3.8, 4) is 0 Å². The Morgan fingerprint density at radius 2 is 1.88 bits per heavy atom. The zero-order valence-electron chi connectivity index (χ0n) is 13.9. The first-order valence-corrected chi connectivity index (χ1v) is 8.30. The van der Waals surface area contributed by atoms with Crippen molar-refractivity contribution in [3.63, 3.8) is 0 Å². The maximum atomic E-state index is 11.9. The first-order chi connectivity index (χ1) is 11.8. The van der Waals surface area contributed by atoms with Crippen LogP contribution < -0.4 is 10.2 Å². The Hall–Kier alpha value is -2.63. The van der Waals surface area contributed by atoms with Crippen molar-refractivity contribution in [3.05, 3.63) is 42.1 Å². The number of hydrogen-bond donors (Lipinski definition) is 1. The first kappa shape index (κ1) is 16.2. The van der Waals surface area contributed by atoms with Gasteiger partial charge in [-0.3, -0.25) is 0 Å². The van der Waals surface area contributed by atoms with E-state index in [0.29, 0.717) is 17.2 Å². The van der Waals surface area contributed by atoms with E-state index in [9.17, 15) is 4.79 Å². The highest BCUT2D eigenvalue weighted by molar-refractivity contribution is 5.96. The summed E-state index contributed by atoms with van der Waals surface area (Å²) in [6, 6.07) is 9.11. The van der Waals surface area contributed by atoms with Crippen LogP contribution >= 0.6 is 0 Å². The summed E-state index contributed by atoms with van der Waals surface area (Å²) >= 11 is 0. The van der Waals surface area contributed by atoms with E-state index in [1.54, 1.807) is 18.3 Å². The number of ether oxygens (including phenoxy) is 1. The lowest BCUT2D eigenvalue weighted by molar-refractivity contribution is 0.0602. The Kier molecular flexibility index (Phi) is 5.25. The third-order valence-electron chi connectivity index (χ3n) is 4.15. The van der Waals surface area contributed by atoms with Gasteiger partial charge in [-0.15, -0.1) is 0 Å². The molecule has 2 aromatic rings. The van der Waals surface area contributed by atoms with E-state index >= 15 is 0 Å². The SMILES string of the molecule is COC(=O)c1ccccc1Nc1nccc(N2CCCCCC2)n1. The van der Waals surface area contributed by atoms with Gasteiger partial charge in [-0.25, -0.2) is 9.78 Å². The van der Waals surface area contributed by atoms with Crippen LogP contribution in [0.3, 0.4) is 0 Å². The van der Waals surface area contributed by atoms with Crippen LogP contribution in [0.5, 0.6) is 0 Å². The van der Waals surface area contributed by atoms with Crippen LogP contribution in [0, 0.1) is 0 Å². The number of hydrogen-bond acceptors (Lipinski definition) is 6. The van der Waals surface area contributed by atoms with Crippen molar-refractivity contribution in [1.82, 2.24) is 9.97 Å². The van der Waals surface area contributed by atoms with Gasteiger partial charge in [0.05, 0.1) is 18.4 Å². The first-order valence-electron chi connectivity index (χ1n) is 8.30. The van der Waals surface area contributed by atoms with Gasteiger partial charge in [-0.05, 0) is 31.0 Å². The van der Waals surface area contributed by atoms with Crippen LogP contribution in [-0.4, -0.2) is 36.1 Å². The van der Waals surface area contributed by atoms with Crippen LogP contribution in [0.1, 0.15) is 36.0 Å². The van der Waals surface area contributed by atoms with Crippen molar-refractivity contribution in [2.75, 3.05) is 30.4 Å². The molecule has 6 nitrogen and oxygen atoms in total. The van der Waals surface area contributed by atoms with Gasteiger partial charge >= 0.3 is 5.97 Å².